The minimum absolute atomic E-state index is 0.192. The molecule has 0 saturated carbocycles. The van der Waals surface area contributed by atoms with Crippen molar-refractivity contribution in [2.75, 3.05) is 0 Å². The van der Waals surface area contributed by atoms with Crippen LogP contribution in [-0.2, 0) is 6.54 Å². The van der Waals surface area contributed by atoms with Crippen LogP contribution in [0.15, 0.2) is 48.5 Å². The lowest BCUT2D eigenvalue weighted by Gasteiger charge is -2.48. The predicted octanol–water partition coefficient (Wildman–Crippen LogP) is 5.32. The summed E-state index contributed by atoms with van der Waals surface area (Å²) in [6.07, 6.45) is 5.83. The van der Waals surface area contributed by atoms with E-state index in [0.29, 0.717) is 17.9 Å². The second kappa shape index (κ2) is 7.36. The van der Waals surface area contributed by atoms with Gasteiger partial charge in [-0.25, -0.2) is 0 Å². The first-order chi connectivity index (χ1) is 12.6. The Labute approximate surface area is 157 Å². The van der Waals surface area contributed by atoms with Crippen LogP contribution in [0.1, 0.15) is 59.2 Å². The van der Waals surface area contributed by atoms with Gasteiger partial charge in [-0.2, -0.15) is 0 Å². The first-order valence-electron chi connectivity index (χ1n) is 10.0. The van der Waals surface area contributed by atoms with E-state index in [2.05, 4.69) is 67.3 Å². The Morgan fingerprint density at radius 2 is 1.54 bits per heavy atom. The Morgan fingerprint density at radius 1 is 0.923 bits per heavy atom. The number of nitrogens with zero attached hydrogens (tertiary/aromatic N) is 1. The summed E-state index contributed by atoms with van der Waals surface area (Å²) >= 11 is 0. The quantitative estimate of drug-likeness (QED) is 0.698. The highest BCUT2D eigenvalue weighted by atomic mass is 16.1. The normalized spacial score (nSPS) is 25.8. The molecule has 0 aliphatic carbocycles. The number of rotatable bonds is 4. The summed E-state index contributed by atoms with van der Waals surface area (Å²) < 4.78 is 0. The van der Waals surface area contributed by atoms with Crippen molar-refractivity contribution in [1.29, 1.82) is 0 Å². The van der Waals surface area contributed by atoms with E-state index in [1.54, 1.807) is 0 Å². The van der Waals surface area contributed by atoms with Gasteiger partial charge in [0.1, 0.15) is 0 Å². The Balaban J connectivity index is 1.53. The van der Waals surface area contributed by atoms with Gasteiger partial charge in [0.2, 0.25) is 0 Å². The molecule has 0 spiro atoms. The van der Waals surface area contributed by atoms with Gasteiger partial charge < -0.3 is 0 Å². The molecule has 2 aliphatic rings. The second-order valence-corrected chi connectivity index (χ2v) is 8.20. The number of aryl methyl sites for hydroxylation is 2. The zero-order valence-electron chi connectivity index (χ0n) is 15.9. The summed E-state index contributed by atoms with van der Waals surface area (Å²) in [5.41, 5.74) is 4.63. The number of hydrogen-bond donors (Lipinski definition) is 0. The van der Waals surface area contributed by atoms with Gasteiger partial charge in [-0.3, -0.25) is 9.69 Å². The molecule has 2 nitrogen and oxygen atoms in total. The van der Waals surface area contributed by atoms with Crippen LogP contribution in [0.3, 0.4) is 0 Å². The van der Waals surface area contributed by atoms with Crippen molar-refractivity contribution in [2.24, 2.45) is 5.92 Å². The summed E-state index contributed by atoms with van der Waals surface area (Å²) in [5, 5.41) is 0. The number of carbonyl (C=O) groups is 1. The standard InChI is InChI=1S/C24H29NO/c1-17-8-6-9-18(2)23(17)24(26)20-14-21-12-7-13-22(15-20)25(21)16-19-10-4-3-5-11-19/h3-6,8-11,20-22H,7,12-16H2,1-2H3. The summed E-state index contributed by atoms with van der Waals surface area (Å²) in [6.45, 7) is 5.18. The van der Waals surface area contributed by atoms with Gasteiger partial charge in [-0.1, -0.05) is 55.0 Å². The van der Waals surface area contributed by atoms with Crippen LogP contribution in [0.25, 0.3) is 0 Å². The molecule has 2 aromatic rings. The highest BCUT2D eigenvalue weighted by molar-refractivity contribution is 6.00. The molecule has 2 fully saturated rings. The number of Topliss-reactive ketones (excluding diaryl/α,β-unsaturated/α-hetero) is 1. The maximum absolute atomic E-state index is 13.3. The van der Waals surface area contributed by atoms with E-state index >= 15 is 0 Å². The van der Waals surface area contributed by atoms with Gasteiger partial charge in [0.15, 0.2) is 5.78 Å². The molecule has 0 N–H and O–H groups in total. The Morgan fingerprint density at radius 3 is 2.15 bits per heavy atom. The first kappa shape index (κ1) is 17.5. The molecule has 4 rings (SSSR count). The first-order valence-corrected chi connectivity index (χ1v) is 10.0. The number of fused-ring (bicyclic) bond motifs is 2. The molecule has 2 atom stereocenters. The van der Waals surface area contributed by atoms with E-state index in [-0.39, 0.29) is 5.92 Å². The molecule has 0 aromatic heterocycles. The maximum Gasteiger partial charge on any atom is 0.166 e. The van der Waals surface area contributed by atoms with Gasteiger partial charge in [-0.05, 0) is 56.2 Å². The summed E-state index contributed by atoms with van der Waals surface area (Å²) in [7, 11) is 0. The van der Waals surface area contributed by atoms with Crippen molar-refractivity contribution in [1.82, 2.24) is 4.90 Å². The van der Waals surface area contributed by atoms with E-state index < -0.39 is 0 Å². The molecule has 0 radical (unpaired) electrons. The fourth-order valence-electron chi connectivity index (χ4n) is 5.15. The van der Waals surface area contributed by atoms with Crippen molar-refractivity contribution < 1.29 is 4.79 Å². The van der Waals surface area contributed by atoms with E-state index in [9.17, 15) is 4.79 Å². The third kappa shape index (κ3) is 3.35. The van der Waals surface area contributed by atoms with Crippen LogP contribution in [0.4, 0.5) is 0 Å². The third-order valence-corrected chi connectivity index (χ3v) is 6.43. The number of piperidine rings is 2. The van der Waals surface area contributed by atoms with Gasteiger partial charge in [0, 0.05) is 30.1 Å². The van der Waals surface area contributed by atoms with Crippen LogP contribution in [0.5, 0.6) is 0 Å². The van der Waals surface area contributed by atoms with Crippen LogP contribution >= 0.6 is 0 Å². The average molecular weight is 348 g/mol. The number of carbonyl (C=O) groups excluding carboxylic acids is 1. The summed E-state index contributed by atoms with van der Waals surface area (Å²) in [4.78, 5) is 16.0. The monoisotopic (exact) mass is 347 g/mol. The van der Waals surface area contributed by atoms with E-state index in [4.69, 9.17) is 0 Å². The average Bonchev–Trinajstić information content (AvgIpc) is 2.62. The lowest BCUT2D eigenvalue weighted by atomic mass is 9.74. The molecule has 2 heterocycles. The molecule has 2 saturated heterocycles. The molecule has 2 aliphatic heterocycles. The predicted molar refractivity (Wildman–Crippen MR) is 106 cm³/mol. The number of benzene rings is 2. The van der Waals surface area contributed by atoms with Crippen molar-refractivity contribution >= 4 is 5.78 Å². The fraction of sp³-hybridized carbons (Fsp3) is 0.458. The minimum Gasteiger partial charge on any atom is -0.294 e. The van der Waals surface area contributed by atoms with Crippen LogP contribution in [0, 0.1) is 19.8 Å². The van der Waals surface area contributed by atoms with E-state index in [1.807, 2.05) is 0 Å². The molecule has 136 valence electrons. The van der Waals surface area contributed by atoms with Crippen LogP contribution in [-0.4, -0.2) is 22.8 Å². The van der Waals surface area contributed by atoms with Crippen LogP contribution < -0.4 is 0 Å². The third-order valence-electron chi connectivity index (χ3n) is 6.43. The van der Waals surface area contributed by atoms with Crippen molar-refractivity contribution in [3.05, 3.63) is 70.8 Å². The Hall–Kier alpha value is -1.93. The SMILES string of the molecule is Cc1cccc(C)c1C(=O)C1CC2CCCC(C1)N2Cc1ccccc1. The molecular formula is C24H29NO. The van der Waals surface area contributed by atoms with Gasteiger partial charge in [0.05, 0.1) is 0 Å². The number of ketones is 1. The van der Waals surface area contributed by atoms with Crippen molar-refractivity contribution in [3.8, 4) is 0 Å². The topological polar surface area (TPSA) is 20.3 Å². The van der Waals surface area contributed by atoms with Gasteiger partial charge >= 0.3 is 0 Å². The zero-order valence-corrected chi connectivity index (χ0v) is 15.9. The smallest absolute Gasteiger partial charge is 0.166 e. The Bertz CT molecular complexity index is 748. The lowest BCUT2D eigenvalue weighted by Crippen LogP contribution is -2.52. The molecule has 2 bridgehead atoms. The van der Waals surface area contributed by atoms with Crippen molar-refractivity contribution in [3.63, 3.8) is 0 Å². The minimum atomic E-state index is 0.192. The van der Waals surface area contributed by atoms with Gasteiger partial charge in [0.25, 0.3) is 0 Å². The molecule has 2 aromatic carbocycles. The van der Waals surface area contributed by atoms with Crippen LogP contribution in [0.2, 0.25) is 0 Å². The van der Waals surface area contributed by atoms with E-state index in [0.717, 1.165) is 36.1 Å². The number of hydrogen-bond acceptors (Lipinski definition) is 2. The van der Waals surface area contributed by atoms with Crippen molar-refractivity contribution in [2.45, 2.75) is 64.6 Å². The zero-order chi connectivity index (χ0) is 18.1. The molecule has 2 unspecified atom stereocenters. The lowest BCUT2D eigenvalue weighted by molar-refractivity contribution is 0.00902. The molecule has 0 amide bonds. The summed E-state index contributed by atoms with van der Waals surface area (Å²) in [5.74, 6) is 0.578. The largest absolute Gasteiger partial charge is 0.294 e. The molecular weight excluding hydrogens is 318 g/mol. The highest BCUT2D eigenvalue weighted by Crippen LogP contribution is 2.39. The molecule has 2 heteroatoms. The molecule has 26 heavy (non-hydrogen) atoms. The van der Waals surface area contributed by atoms with E-state index in [1.165, 1.54) is 24.8 Å². The second-order valence-electron chi connectivity index (χ2n) is 8.20. The Kier molecular flexibility index (Phi) is 4.95. The maximum atomic E-state index is 13.3. The summed E-state index contributed by atoms with van der Waals surface area (Å²) in [6, 6.07) is 18.1. The highest BCUT2D eigenvalue weighted by Gasteiger charge is 2.41. The fourth-order valence-corrected chi connectivity index (χ4v) is 5.15. The van der Waals surface area contributed by atoms with Gasteiger partial charge in [-0.15, -0.1) is 0 Å².